The normalized spacial score (nSPS) is 13.2. The largest absolute Gasteiger partial charge is 0.394 e. The molecule has 0 aromatic heterocycles. The number of amides is 1. The van der Waals surface area contributed by atoms with Gasteiger partial charge in [-0.05, 0) is 44.9 Å². The quantitative estimate of drug-likeness (QED) is 0.0433. The highest BCUT2D eigenvalue weighted by Crippen LogP contribution is 2.15. The van der Waals surface area contributed by atoms with Crippen molar-refractivity contribution in [2.75, 3.05) is 6.61 Å². The van der Waals surface area contributed by atoms with Crippen LogP contribution >= 0.6 is 0 Å². The Kier molecular flexibility index (Phi) is 42.8. The fourth-order valence-electron chi connectivity index (χ4n) is 7.03. The Hall–Kier alpha value is -1.39. The fourth-order valence-corrected chi connectivity index (χ4v) is 7.03. The van der Waals surface area contributed by atoms with Crippen molar-refractivity contribution in [1.29, 1.82) is 0 Å². The van der Waals surface area contributed by atoms with Gasteiger partial charge in [-0.2, -0.15) is 0 Å². The summed E-state index contributed by atoms with van der Waals surface area (Å²) in [6.45, 7) is 4.30. The number of carbonyl (C=O) groups excluding carboxylic acids is 1. The van der Waals surface area contributed by atoms with E-state index in [0.717, 1.165) is 38.5 Å². The van der Waals surface area contributed by atoms with Gasteiger partial charge in [-0.15, -0.1) is 0 Å². The molecule has 0 aromatic carbocycles. The minimum atomic E-state index is -0.867. The summed E-state index contributed by atoms with van der Waals surface area (Å²) in [5.41, 5.74) is 0. The number of nitrogens with one attached hydrogen (secondary N) is 1. The molecule has 0 aliphatic rings. The van der Waals surface area contributed by atoms with Crippen LogP contribution in [0.5, 0.6) is 0 Å². The van der Waals surface area contributed by atoms with Crippen molar-refractivity contribution in [2.45, 2.75) is 257 Å². The molecule has 0 radical (unpaired) electrons. The molecule has 306 valence electrons. The van der Waals surface area contributed by atoms with Gasteiger partial charge in [0.15, 0.2) is 0 Å². The lowest BCUT2D eigenvalue weighted by molar-refractivity contribution is -0.123. The van der Waals surface area contributed by atoms with Crippen LogP contribution in [0.2, 0.25) is 0 Å². The van der Waals surface area contributed by atoms with Crippen LogP contribution in [0, 0.1) is 0 Å². The van der Waals surface area contributed by atoms with Crippen molar-refractivity contribution >= 4 is 5.91 Å². The van der Waals surface area contributed by atoms with Crippen molar-refractivity contribution in [1.82, 2.24) is 5.32 Å². The van der Waals surface area contributed by atoms with E-state index in [1.165, 1.54) is 186 Å². The monoisotopic (exact) mass is 730 g/mol. The van der Waals surface area contributed by atoms with Gasteiger partial charge in [0.2, 0.25) is 5.91 Å². The van der Waals surface area contributed by atoms with Gasteiger partial charge in [-0.1, -0.05) is 230 Å². The molecule has 0 spiro atoms. The maximum Gasteiger partial charge on any atom is 0.220 e. The Bertz CT molecular complexity index is 790. The van der Waals surface area contributed by atoms with Gasteiger partial charge in [0, 0.05) is 6.42 Å². The van der Waals surface area contributed by atoms with Gasteiger partial charge in [0.25, 0.3) is 0 Å². The highest BCUT2D eigenvalue weighted by Gasteiger charge is 2.17. The van der Waals surface area contributed by atoms with E-state index in [9.17, 15) is 15.0 Å². The first-order valence-corrected chi connectivity index (χ1v) is 23.2. The highest BCUT2D eigenvalue weighted by atomic mass is 16.3. The van der Waals surface area contributed by atoms with Crippen molar-refractivity contribution in [3.05, 3.63) is 36.5 Å². The third-order valence-corrected chi connectivity index (χ3v) is 10.6. The number of carbonyl (C=O) groups is 1. The average Bonchev–Trinajstić information content (AvgIpc) is 3.15. The number of aliphatic hydroxyl groups is 2. The molecule has 0 aliphatic heterocycles. The van der Waals surface area contributed by atoms with Gasteiger partial charge in [0.1, 0.15) is 0 Å². The Morgan fingerprint density at radius 3 is 1.12 bits per heavy atom. The van der Waals surface area contributed by atoms with Crippen LogP contribution in [-0.2, 0) is 4.79 Å². The molecule has 0 saturated heterocycles. The number of aliphatic hydroxyl groups excluding tert-OH is 2. The van der Waals surface area contributed by atoms with Gasteiger partial charge < -0.3 is 15.5 Å². The van der Waals surface area contributed by atoms with Crippen LogP contribution in [0.4, 0.5) is 0 Å². The lowest BCUT2D eigenvalue weighted by atomic mass is 10.0. The zero-order valence-corrected chi connectivity index (χ0v) is 35.1. The van der Waals surface area contributed by atoms with Crippen LogP contribution in [0.1, 0.15) is 245 Å². The molecule has 4 heteroatoms. The molecule has 3 N–H and O–H groups in total. The topological polar surface area (TPSA) is 69.6 Å². The van der Waals surface area contributed by atoms with Crippen molar-refractivity contribution in [3.63, 3.8) is 0 Å². The second kappa shape index (κ2) is 44.0. The Labute approximate surface area is 325 Å². The van der Waals surface area contributed by atoms with E-state index in [2.05, 4.69) is 43.5 Å². The van der Waals surface area contributed by atoms with Crippen molar-refractivity contribution < 1.29 is 15.0 Å². The summed E-state index contributed by atoms with van der Waals surface area (Å²) in [6.07, 6.45) is 58.4. The van der Waals surface area contributed by atoms with Crippen molar-refractivity contribution in [3.8, 4) is 0 Å². The Morgan fingerprint density at radius 1 is 0.442 bits per heavy atom. The first-order valence-electron chi connectivity index (χ1n) is 23.2. The SMILES string of the molecule is CCCCCCCCCCCCCCCCCCC/C=C/CC/C=C/CC/C=C/C(O)C(CO)NC(=O)CCCCCCCCCCCCCCC. The van der Waals surface area contributed by atoms with Gasteiger partial charge in [-0.25, -0.2) is 0 Å². The summed E-state index contributed by atoms with van der Waals surface area (Å²) in [5.74, 6) is -0.0771. The van der Waals surface area contributed by atoms with Gasteiger partial charge in [-0.3, -0.25) is 4.79 Å². The summed E-state index contributed by atoms with van der Waals surface area (Å²) in [5, 5.41) is 23.0. The molecule has 52 heavy (non-hydrogen) atoms. The number of hydrogen-bond acceptors (Lipinski definition) is 3. The molecule has 0 aromatic rings. The molecule has 0 heterocycles. The molecule has 1 amide bonds. The van der Waals surface area contributed by atoms with E-state index in [1.54, 1.807) is 6.08 Å². The summed E-state index contributed by atoms with van der Waals surface area (Å²) in [6, 6.07) is -0.642. The lowest BCUT2D eigenvalue weighted by Gasteiger charge is -2.19. The predicted molar refractivity (Wildman–Crippen MR) is 230 cm³/mol. The van der Waals surface area contributed by atoms with Crippen LogP contribution < -0.4 is 5.32 Å². The van der Waals surface area contributed by atoms with Crippen LogP contribution in [0.25, 0.3) is 0 Å². The molecule has 0 aliphatic carbocycles. The second-order valence-corrected chi connectivity index (χ2v) is 15.8. The number of unbranched alkanes of at least 4 members (excludes halogenated alkanes) is 31. The van der Waals surface area contributed by atoms with E-state index in [4.69, 9.17) is 0 Å². The molecular formula is C48H91NO3. The summed E-state index contributed by atoms with van der Waals surface area (Å²) in [7, 11) is 0. The first-order chi connectivity index (χ1) is 25.7. The molecule has 0 saturated carbocycles. The minimum Gasteiger partial charge on any atom is -0.394 e. The maximum absolute atomic E-state index is 12.3. The first kappa shape index (κ1) is 50.6. The summed E-state index contributed by atoms with van der Waals surface area (Å²) >= 11 is 0. The second-order valence-electron chi connectivity index (χ2n) is 15.8. The Balaban J connectivity index is 3.58. The molecule has 0 rings (SSSR count). The van der Waals surface area contributed by atoms with E-state index in [-0.39, 0.29) is 12.5 Å². The summed E-state index contributed by atoms with van der Waals surface area (Å²) in [4.78, 5) is 12.3. The van der Waals surface area contributed by atoms with Gasteiger partial charge >= 0.3 is 0 Å². The van der Waals surface area contributed by atoms with Gasteiger partial charge in [0.05, 0.1) is 18.8 Å². The van der Waals surface area contributed by atoms with E-state index >= 15 is 0 Å². The fraction of sp³-hybridized carbons (Fsp3) is 0.854. The zero-order valence-electron chi connectivity index (χ0n) is 35.1. The zero-order chi connectivity index (χ0) is 37.8. The lowest BCUT2D eigenvalue weighted by Crippen LogP contribution is -2.45. The number of hydrogen-bond donors (Lipinski definition) is 3. The molecule has 2 atom stereocenters. The average molecular weight is 730 g/mol. The van der Waals surface area contributed by atoms with Crippen LogP contribution in [-0.4, -0.2) is 34.9 Å². The molecule has 0 bridgehead atoms. The molecule has 4 nitrogen and oxygen atoms in total. The van der Waals surface area contributed by atoms with E-state index in [1.807, 2.05) is 6.08 Å². The van der Waals surface area contributed by atoms with Crippen LogP contribution in [0.3, 0.4) is 0 Å². The molecular weight excluding hydrogens is 639 g/mol. The van der Waals surface area contributed by atoms with Crippen LogP contribution in [0.15, 0.2) is 36.5 Å². The number of rotatable bonds is 42. The van der Waals surface area contributed by atoms with Crippen molar-refractivity contribution in [2.24, 2.45) is 0 Å². The molecule has 0 fully saturated rings. The third kappa shape index (κ3) is 39.8. The number of allylic oxidation sites excluding steroid dienone is 5. The summed E-state index contributed by atoms with van der Waals surface area (Å²) < 4.78 is 0. The molecule has 2 unspecified atom stereocenters. The maximum atomic E-state index is 12.3. The van der Waals surface area contributed by atoms with E-state index < -0.39 is 12.1 Å². The Morgan fingerprint density at radius 2 is 0.750 bits per heavy atom. The van der Waals surface area contributed by atoms with E-state index in [0.29, 0.717) is 6.42 Å². The highest BCUT2D eigenvalue weighted by molar-refractivity contribution is 5.76. The predicted octanol–water partition coefficient (Wildman–Crippen LogP) is 14.6. The minimum absolute atomic E-state index is 0.0771. The standard InChI is InChI=1S/C48H91NO3/c1-3-5-7-9-11-13-15-17-18-19-20-21-22-23-24-25-26-27-28-29-30-32-33-35-37-39-41-43-47(51)46(45-50)49-48(52)44-42-40-38-36-34-31-16-14-12-10-8-6-4-2/h28-29,33,35,41,43,46-47,50-51H,3-27,30-32,34,36-40,42,44-45H2,1-2H3,(H,49,52)/b29-28+,35-33+,43-41+. The smallest absolute Gasteiger partial charge is 0.220 e. The third-order valence-electron chi connectivity index (χ3n) is 10.6.